The van der Waals surface area contributed by atoms with E-state index in [0.29, 0.717) is 12.4 Å². The maximum atomic E-state index is 5.46. The van der Waals surface area contributed by atoms with Gasteiger partial charge in [-0.3, -0.25) is 9.98 Å². The van der Waals surface area contributed by atoms with Gasteiger partial charge >= 0.3 is 0 Å². The topological polar surface area (TPSA) is 63.3 Å². The van der Waals surface area contributed by atoms with Gasteiger partial charge in [-0.05, 0) is 18.4 Å². The molecule has 0 amide bonds. The molecule has 4 nitrogen and oxygen atoms in total. The molecule has 0 atom stereocenters. The van der Waals surface area contributed by atoms with E-state index >= 15 is 0 Å². The molecule has 0 radical (unpaired) electrons. The third-order valence-corrected chi connectivity index (χ3v) is 2.35. The van der Waals surface area contributed by atoms with Gasteiger partial charge in [0.15, 0.2) is 5.84 Å². The van der Waals surface area contributed by atoms with E-state index in [1.165, 1.54) is 0 Å². The van der Waals surface area contributed by atoms with Crippen molar-refractivity contribution in [3.63, 3.8) is 0 Å². The summed E-state index contributed by atoms with van der Waals surface area (Å²) >= 11 is 0. The van der Waals surface area contributed by atoms with Gasteiger partial charge in [0.2, 0.25) is 0 Å². The summed E-state index contributed by atoms with van der Waals surface area (Å²) < 4.78 is 0. The normalized spacial score (nSPS) is 11.8. The van der Waals surface area contributed by atoms with Crippen molar-refractivity contribution >= 4 is 16.6 Å². The molecule has 0 spiro atoms. The zero-order valence-corrected chi connectivity index (χ0v) is 9.14. The van der Waals surface area contributed by atoms with Crippen LogP contribution in [-0.4, -0.2) is 17.4 Å². The van der Waals surface area contributed by atoms with Gasteiger partial charge in [0, 0.05) is 18.1 Å². The van der Waals surface area contributed by atoms with Crippen molar-refractivity contribution in [1.29, 1.82) is 0 Å². The molecular formula is C12H14N4. The molecule has 0 aliphatic heterocycles. The van der Waals surface area contributed by atoms with Crippen LogP contribution in [0.15, 0.2) is 41.5 Å². The Hall–Kier alpha value is -1.94. The highest BCUT2D eigenvalue weighted by molar-refractivity contribution is 6.07. The highest BCUT2D eigenvalue weighted by Crippen LogP contribution is 2.16. The first-order chi connectivity index (χ1) is 7.86. The van der Waals surface area contributed by atoms with Gasteiger partial charge < -0.3 is 5.43 Å². The highest BCUT2D eigenvalue weighted by Gasteiger charge is 2.07. The SMILES string of the molecule is CCN=C(NN)c1nccc2ccccc12. The second-order valence-corrected chi connectivity index (χ2v) is 3.35. The second kappa shape index (κ2) is 4.72. The predicted molar refractivity (Wildman–Crippen MR) is 66.1 cm³/mol. The number of hydrogen-bond donors (Lipinski definition) is 2. The number of nitrogens with two attached hydrogens (primary N) is 1. The molecule has 0 aliphatic carbocycles. The fraction of sp³-hybridized carbons (Fsp3) is 0.167. The predicted octanol–water partition coefficient (Wildman–Crippen LogP) is 1.46. The molecular weight excluding hydrogens is 200 g/mol. The van der Waals surface area contributed by atoms with Crippen LogP contribution in [-0.2, 0) is 0 Å². The number of amidine groups is 1. The lowest BCUT2D eigenvalue weighted by atomic mass is 10.1. The lowest BCUT2D eigenvalue weighted by Gasteiger charge is -2.07. The summed E-state index contributed by atoms with van der Waals surface area (Å²) in [6.45, 7) is 2.63. The Morgan fingerprint density at radius 2 is 2.19 bits per heavy atom. The molecule has 0 unspecified atom stereocenters. The first-order valence-corrected chi connectivity index (χ1v) is 5.22. The van der Waals surface area contributed by atoms with Crippen LogP contribution in [0.2, 0.25) is 0 Å². The first kappa shape index (κ1) is 10.6. The van der Waals surface area contributed by atoms with Crippen LogP contribution in [0.25, 0.3) is 10.8 Å². The Labute approximate surface area is 94.2 Å². The van der Waals surface area contributed by atoms with Gasteiger partial charge in [-0.2, -0.15) is 0 Å². The summed E-state index contributed by atoms with van der Waals surface area (Å²) in [5.74, 6) is 6.09. The van der Waals surface area contributed by atoms with E-state index < -0.39 is 0 Å². The summed E-state index contributed by atoms with van der Waals surface area (Å²) in [6.07, 6.45) is 1.76. The third kappa shape index (κ3) is 1.87. The third-order valence-electron chi connectivity index (χ3n) is 2.35. The number of hydrazine groups is 1. The van der Waals surface area contributed by atoms with Crippen LogP contribution in [0, 0.1) is 0 Å². The molecule has 0 bridgehead atoms. The maximum absolute atomic E-state index is 5.46. The molecule has 0 saturated carbocycles. The van der Waals surface area contributed by atoms with Crippen molar-refractivity contribution in [2.24, 2.45) is 10.8 Å². The number of nitrogens with zero attached hydrogens (tertiary/aromatic N) is 2. The number of hydrogen-bond acceptors (Lipinski definition) is 3. The fourth-order valence-electron chi connectivity index (χ4n) is 1.66. The quantitative estimate of drug-likeness (QED) is 0.344. The van der Waals surface area contributed by atoms with E-state index in [9.17, 15) is 0 Å². The summed E-state index contributed by atoms with van der Waals surface area (Å²) in [7, 11) is 0. The monoisotopic (exact) mass is 214 g/mol. The smallest absolute Gasteiger partial charge is 0.162 e. The van der Waals surface area contributed by atoms with Gasteiger partial charge in [0.1, 0.15) is 5.69 Å². The molecule has 0 saturated heterocycles. The summed E-state index contributed by atoms with van der Waals surface area (Å²) in [5, 5.41) is 2.18. The van der Waals surface area contributed by atoms with Crippen LogP contribution in [0.5, 0.6) is 0 Å². The minimum atomic E-state index is 0.624. The standard InChI is InChI=1S/C12H14N4/c1-2-14-12(16-13)11-10-6-4-3-5-9(10)7-8-15-11/h3-8H,2,13H2,1H3,(H,14,16). The van der Waals surface area contributed by atoms with Crippen molar-refractivity contribution in [3.05, 3.63) is 42.2 Å². The van der Waals surface area contributed by atoms with Crippen LogP contribution in [0.3, 0.4) is 0 Å². The summed E-state index contributed by atoms with van der Waals surface area (Å²) in [4.78, 5) is 8.60. The number of nitrogens with one attached hydrogen (secondary N) is 1. The van der Waals surface area contributed by atoms with E-state index in [4.69, 9.17) is 5.84 Å². The minimum absolute atomic E-state index is 0.624. The van der Waals surface area contributed by atoms with Crippen molar-refractivity contribution in [1.82, 2.24) is 10.4 Å². The number of aromatic nitrogens is 1. The van der Waals surface area contributed by atoms with E-state index in [0.717, 1.165) is 16.5 Å². The molecule has 82 valence electrons. The molecule has 1 heterocycles. The largest absolute Gasteiger partial charge is 0.307 e. The number of rotatable bonds is 2. The van der Waals surface area contributed by atoms with Crippen molar-refractivity contribution in [2.45, 2.75) is 6.92 Å². The molecule has 1 aromatic heterocycles. The average molecular weight is 214 g/mol. The summed E-state index contributed by atoms with van der Waals surface area (Å²) in [6, 6.07) is 10.0. The van der Waals surface area contributed by atoms with Crippen molar-refractivity contribution in [2.75, 3.05) is 6.54 Å². The Bertz CT molecular complexity index is 514. The van der Waals surface area contributed by atoms with E-state index in [2.05, 4.69) is 15.4 Å². The van der Waals surface area contributed by atoms with Crippen molar-refractivity contribution < 1.29 is 0 Å². The molecule has 0 aliphatic rings. The molecule has 2 rings (SSSR count). The fourth-order valence-corrected chi connectivity index (χ4v) is 1.66. The molecule has 16 heavy (non-hydrogen) atoms. The number of pyridine rings is 1. The maximum Gasteiger partial charge on any atom is 0.162 e. The Morgan fingerprint density at radius 3 is 2.94 bits per heavy atom. The average Bonchev–Trinajstić information content (AvgIpc) is 2.35. The van der Waals surface area contributed by atoms with E-state index in [-0.39, 0.29) is 0 Å². The number of aliphatic imine (C=N–C) groups is 1. The van der Waals surface area contributed by atoms with Gasteiger partial charge in [-0.15, -0.1) is 0 Å². The van der Waals surface area contributed by atoms with Gasteiger partial charge in [-0.25, -0.2) is 5.84 Å². The zero-order chi connectivity index (χ0) is 11.4. The Morgan fingerprint density at radius 1 is 1.38 bits per heavy atom. The number of benzene rings is 1. The van der Waals surface area contributed by atoms with Crippen LogP contribution < -0.4 is 11.3 Å². The molecule has 1 aromatic carbocycles. The first-order valence-electron chi connectivity index (χ1n) is 5.22. The summed E-state index contributed by atoms with van der Waals surface area (Å²) in [5.41, 5.74) is 3.39. The van der Waals surface area contributed by atoms with E-state index in [1.807, 2.05) is 37.3 Å². The second-order valence-electron chi connectivity index (χ2n) is 3.35. The van der Waals surface area contributed by atoms with Crippen molar-refractivity contribution in [3.8, 4) is 0 Å². The minimum Gasteiger partial charge on any atom is -0.307 e. The molecule has 3 N–H and O–H groups in total. The van der Waals surface area contributed by atoms with Gasteiger partial charge in [-0.1, -0.05) is 24.3 Å². The zero-order valence-electron chi connectivity index (χ0n) is 9.14. The van der Waals surface area contributed by atoms with Gasteiger partial charge in [0.05, 0.1) is 0 Å². The van der Waals surface area contributed by atoms with Crippen LogP contribution >= 0.6 is 0 Å². The lowest BCUT2D eigenvalue weighted by Crippen LogP contribution is -2.32. The van der Waals surface area contributed by atoms with Crippen LogP contribution in [0.1, 0.15) is 12.6 Å². The Kier molecular flexibility index (Phi) is 3.12. The molecule has 2 aromatic rings. The van der Waals surface area contributed by atoms with Crippen LogP contribution in [0.4, 0.5) is 0 Å². The molecule has 0 fully saturated rings. The van der Waals surface area contributed by atoms with E-state index in [1.54, 1.807) is 6.20 Å². The Balaban J connectivity index is 2.64. The highest BCUT2D eigenvalue weighted by atomic mass is 15.3. The lowest BCUT2D eigenvalue weighted by molar-refractivity contribution is 0.984. The number of fused-ring (bicyclic) bond motifs is 1. The molecule has 4 heteroatoms. The van der Waals surface area contributed by atoms with Gasteiger partial charge in [0.25, 0.3) is 0 Å².